The fourth-order valence-electron chi connectivity index (χ4n) is 3.39. The molecule has 3 rings (SSSR count). The van der Waals surface area contributed by atoms with Crippen molar-refractivity contribution in [3.8, 4) is 17.2 Å². The second-order valence-corrected chi connectivity index (χ2v) is 6.75. The van der Waals surface area contributed by atoms with Gasteiger partial charge in [-0.05, 0) is 6.92 Å². The van der Waals surface area contributed by atoms with Gasteiger partial charge in [0.05, 0.1) is 11.4 Å². The molecule has 0 fully saturated rings. The normalized spacial score (nSPS) is 13.7. The SMILES string of the molecule is Cc1nn(C)cc1-c1c(C#N)c(N)nc2c1CN(C(=O)C(C)C)CC2. The highest BCUT2D eigenvalue weighted by atomic mass is 16.2. The molecule has 1 aliphatic heterocycles. The van der Waals surface area contributed by atoms with Crippen LogP contribution >= 0.6 is 0 Å². The molecule has 0 atom stereocenters. The molecule has 25 heavy (non-hydrogen) atoms. The molecule has 7 heteroatoms. The number of pyridine rings is 1. The van der Waals surface area contributed by atoms with Gasteiger partial charge in [-0.15, -0.1) is 0 Å². The summed E-state index contributed by atoms with van der Waals surface area (Å²) in [7, 11) is 1.84. The maximum atomic E-state index is 12.4. The summed E-state index contributed by atoms with van der Waals surface area (Å²) in [5.74, 6) is 0.278. The van der Waals surface area contributed by atoms with Crippen LogP contribution in [0, 0.1) is 24.2 Å². The van der Waals surface area contributed by atoms with Crippen LogP contribution in [0.2, 0.25) is 0 Å². The van der Waals surface area contributed by atoms with Crippen LogP contribution in [0.1, 0.15) is 36.4 Å². The lowest BCUT2D eigenvalue weighted by atomic mass is 9.91. The first-order valence-electron chi connectivity index (χ1n) is 8.34. The number of carbonyl (C=O) groups is 1. The molecule has 0 aromatic carbocycles. The monoisotopic (exact) mass is 338 g/mol. The van der Waals surface area contributed by atoms with Gasteiger partial charge in [-0.3, -0.25) is 9.48 Å². The quantitative estimate of drug-likeness (QED) is 0.899. The summed E-state index contributed by atoms with van der Waals surface area (Å²) in [6.45, 7) is 6.75. The van der Waals surface area contributed by atoms with E-state index in [-0.39, 0.29) is 17.6 Å². The second kappa shape index (κ2) is 6.20. The number of nitrogen functional groups attached to an aromatic ring is 1. The topological polar surface area (TPSA) is 101 Å². The van der Waals surface area contributed by atoms with Gasteiger partial charge in [0.15, 0.2) is 0 Å². The van der Waals surface area contributed by atoms with Gasteiger partial charge in [-0.25, -0.2) is 4.98 Å². The lowest BCUT2D eigenvalue weighted by molar-refractivity contribution is -0.135. The van der Waals surface area contributed by atoms with Crippen LogP contribution in [-0.4, -0.2) is 32.1 Å². The highest BCUT2D eigenvalue weighted by Gasteiger charge is 2.29. The molecule has 130 valence electrons. The molecule has 2 N–H and O–H groups in total. The molecule has 0 radical (unpaired) electrons. The van der Waals surface area contributed by atoms with E-state index < -0.39 is 0 Å². The molecule has 2 aromatic heterocycles. The van der Waals surface area contributed by atoms with E-state index in [1.807, 2.05) is 38.9 Å². The van der Waals surface area contributed by atoms with Crippen LogP contribution in [0.25, 0.3) is 11.1 Å². The summed E-state index contributed by atoms with van der Waals surface area (Å²) in [5.41, 5.74) is 10.6. The number of rotatable bonds is 2. The van der Waals surface area contributed by atoms with Gasteiger partial charge < -0.3 is 10.6 Å². The molecule has 0 spiro atoms. The number of carbonyl (C=O) groups excluding carboxylic acids is 1. The molecule has 0 saturated heterocycles. The Kier molecular flexibility index (Phi) is 4.21. The van der Waals surface area contributed by atoms with Crippen LogP contribution < -0.4 is 5.73 Å². The van der Waals surface area contributed by atoms with Crippen molar-refractivity contribution in [2.75, 3.05) is 12.3 Å². The average molecular weight is 338 g/mol. The number of hydrogen-bond donors (Lipinski definition) is 1. The van der Waals surface area contributed by atoms with E-state index in [1.54, 1.807) is 4.68 Å². The van der Waals surface area contributed by atoms with Crippen molar-refractivity contribution >= 4 is 11.7 Å². The van der Waals surface area contributed by atoms with E-state index in [9.17, 15) is 10.1 Å². The Bertz CT molecular complexity index is 890. The molecule has 0 unspecified atom stereocenters. The lowest BCUT2D eigenvalue weighted by Crippen LogP contribution is -2.39. The van der Waals surface area contributed by atoms with Gasteiger partial charge >= 0.3 is 0 Å². The number of aryl methyl sites for hydroxylation is 2. The summed E-state index contributed by atoms with van der Waals surface area (Å²) in [5, 5.41) is 14.0. The summed E-state index contributed by atoms with van der Waals surface area (Å²) < 4.78 is 1.72. The number of anilines is 1. The second-order valence-electron chi connectivity index (χ2n) is 6.75. The van der Waals surface area contributed by atoms with Crippen molar-refractivity contribution in [2.45, 2.75) is 33.7 Å². The Hall–Kier alpha value is -2.88. The average Bonchev–Trinajstić information content (AvgIpc) is 2.90. The van der Waals surface area contributed by atoms with Crippen molar-refractivity contribution in [1.82, 2.24) is 19.7 Å². The van der Waals surface area contributed by atoms with E-state index >= 15 is 0 Å². The Labute approximate surface area is 147 Å². The minimum absolute atomic E-state index is 0.0673. The highest BCUT2D eigenvalue weighted by molar-refractivity contribution is 5.82. The Morgan fingerprint density at radius 1 is 1.44 bits per heavy atom. The molecule has 0 saturated carbocycles. The number of aromatic nitrogens is 3. The van der Waals surface area contributed by atoms with Gasteiger partial charge in [-0.2, -0.15) is 10.4 Å². The largest absolute Gasteiger partial charge is 0.383 e. The summed E-state index contributed by atoms with van der Waals surface area (Å²) in [6.07, 6.45) is 2.52. The maximum Gasteiger partial charge on any atom is 0.225 e. The molecule has 0 bridgehead atoms. The predicted molar refractivity (Wildman–Crippen MR) is 94.3 cm³/mol. The van der Waals surface area contributed by atoms with Gasteiger partial charge in [0.2, 0.25) is 5.91 Å². The van der Waals surface area contributed by atoms with E-state index in [0.717, 1.165) is 28.1 Å². The zero-order chi connectivity index (χ0) is 18.3. The van der Waals surface area contributed by atoms with Crippen molar-refractivity contribution < 1.29 is 4.79 Å². The Morgan fingerprint density at radius 2 is 2.16 bits per heavy atom. The first-order chi connectivity index (χ1) is 11.8. The fraction of sp³-hybridized carbons (Fsp3) is 0.444. The fourth-order valence-corrected chi connectivity index (χ4v) is 3.39. The van der Waals surface area contributed by atoms with Crippen molar-refractivity contribution in [2.24, 2.45) is 13.0 Å². The zero-order valence-corrected chi connectivity index (χ0v) is 15.0. The molecule has 7 nitrogen and oxygen atoms in total. The third-order valence-corrected chi connectivity index (χ3v) is 4.58. The highest BCUT2D eigenvalue weighted by Crippen LogP contribution is 2.36. The minimum atomic E-state index is -0.0673. The summed E-state index contributed by atoms with van der Waals surface area (Å²) in [4.78, 5) is 18.7. The minimum Gasteiger partial charge on any atom is -0.383 e. The van der Waals surface area contributed by atoms with E-state index in [4.69, 9.17) is 5.73 Å². The third-order valence-electron chi connectivity index (χ3n) is 4.58. The third kappa shape index (κ3) is 2.84. The number of fused-ring (bicyclic) bond motifs is 1. The van der Waals surface area contributed by atoms with E-state index in [1.165, 1.54) is 0 Å². The van der Waals surface area contributed by atoms with Crippen molar-refractivity contribution in [3.05, 3.63) is 28.7 Å². The predicted octanol–water partition coefficient (Wildman–Crippen LogP) is 1.79. The summed E-state index contributed by atoms with van der Waals surface area (Å²) >= 11 is 0. The molecular weight excluding hydrogens is 316 g/mol. The summed E-state index contributed by atoms with van der Waals surface area (Å²) in [6, 6.07) is 2.19. The van der Waals surface area contributed by atoms with E-state index in [0.29, 0.717) is 25.1 Å². The zero-order valence-electron chi connectivity index (χ0n) is 15.0. The lowest BCUT2D eigenvalue weighted by Gasteiger charge is -2.31. The van der Waals surface area contributed by atoms with Gasteiger partial charge in [0.1, 0.15) is 17.5 Å². The van der Waals surface area contributed by atoms with Crippen LogP contribution in [0.4, 0.5) is 5.82 Å². The Morgan fingerprint density at radius 3 is 2.72 bits per heavy atom. The van der Waals surface area contributed by atoms with E-state index in [2.05, 4.69) is 16.2 Å². The van der Waals surface area contributed by atoms with Crippen molar-refractivity contribution in [3.63, 3.8) is 0 Å². The van der Waals surface area contributed by atoms with Crippen LogP contribution in [0.5, 0.6) is 0 Å². The number of nitriles is 1. The van der Waals surface area contributed by atoms with Crippen LogP contribution in [0.15, 0.2) is 6.20 Å². The van der Waals surface area contributed by atoms with Crippen molar-refractivity contribution in [1.29, 1.82) is 5.26 Å². The van der Waals surface area contributed by atoms with Gasteiger partial charge in [0, 0.05) is 55.4 Å². The molecular formula is C18H22N6O. The number of hydrogen-bond acceptors (Lipinski definition) is 5. The molecule has 2 aromatic rings. The van der Waals surface area contributed by atoms with Crippen LogP contribution in [-0.2, 0) is 24.8 Å². The Balaban J connectivity index is 2.21. The first-order valence-corrected chi connectivity index (χ1v) is 8.34. The molecule has 1 amide bonds. The number of nitrogens with two attached hydrogens (primary N) is 1. The number of nitrogens with zero attached hydrogens (tertiary/aromatic N) is 5. The first kappa shape index (κ1) is 17.0. The molecule has 3 heterocycles. The van der Waals surface area contributed by atoms with Crippen LogP contribution in [0.3, 0.4) is 0 Å². The maximum absolute atomic E-state index is 12.4. The number of amides is 1. The smallest absolute Gasteiger partial charge is 0.225 e. The molecule has 0 aliphatic carbocycles. The molecule has 1 aliphatic rings. The van der Waals surface area contributed by atoms with Gasteiger partial charge in [-0.1, -0.05) is 13.8 Å². The van der Waals surface area contributed by atoms with Gasteiger partial charge in [0.25, 0.3) is 0 Å². The standard InChI is InChI=1S/C18H22N6O/c1-10(2)18(25)24-6-5-15-14(9-24)16(12(7-19)17(20)21-15)13-8-23(4)22-11(13)3/h8,10H,5-6,9H2,1-4H3,(H2,20,21).